The maximum absolute atomic E-state index is 5.95. The summed E-state index contributed by atoms with van der Waals surface area (Å²) in [5.74, 6) is 1.76. The lowest BCUT2D eigenvalue weighted by Crippen LogP contribution is -2.39. The quantitative estimate of drug-likeness (QED) is 0.260. The second-order valence-electron chi connectivity index (χ2n) is 6.71. The molecule has 0 spiro atoms. The van der Waals surface area contributed by atoms with Gasteiger partial charge in [-0.15, -0.1) is 34.2 Å². The third-order valence-corrected chi connectivity index (χ3v) is 4.77. The number of aliphatic imine (C=N–C) groups is 1. The summed E-state index contributed by atoms with van der Waals surface area (Å²) in [5.41, 5.74) is 0.878. The first-order chi connectivity index (χ1) is 12.9. The van der Waals surface area contributed by atoms with Gasteiger partial charge in [-0.1, -0.05) is 25.3 Å². The number of pyridine rings is 1. The summed E-state index contributed by atoms with van der Waals surface area (Å²) in [6.45, 7) is 2.44. The molecule has 0 aromatic carbocycles. The molecule has 1 aliphatic carbocycles. The molecule has 0 radical (unpaired) electrons. The molecule has 8 heteroatoms. The van der Waals surface area contributed by atoms with Crippen LogP contribution in [0.4, 0.5) is 0 Å². The molecule has 2 aromatic rings. The number of nitrogens with zero attached hydrogens (tertiary/aromatic N) is 4. The van der Waals surface area contributed by atoms with Crippen molar-refractivity contribution in [3.05, 3.63) is 30.2 Å². The Morgan fingerprint density at radius 1 is 1.19 bits per heavy atom. The van der Waals surface area contributed by atoms with Gasteiger partial charge in [-0.25, -0.2) is 0 Å². The van der Waals surface area contributed by atoms with Crippen LogP contribution in [0.3, 0.4) is 0 Å². The second kappa shape index (κ2) is 12.1. The zero-order chi connectivity index (χ0) is 18.0. The van der Waals surface area contributed by atoms with Crippen molar-refractivity contribution in [1.29, 1.82) is 0 Å². The van der Waals surface area contributed by atoms with Gasteiger partial charge in [0.2, 0.25) is 0 Å². The molecule has 2 heterocycles. The first kappa shape index (κ1) is 21.9. The molecule has 2 N–H and O–H groups in total. The third-order valence-electron chi connectivity index (χ3n) is 4.77. The van der Waals surface area contributed by atoms with Crippen LogP contribution in [0.15, 0.2) is 29.4 Å². The van der Waals surface area contributed by atoms with E-state index in [1.54, 1.807) is 7.05 Å². The van der Waals surface area contributed by atoms with E-state index in [2.05, 4.69) is 25.8 Å². The molecule has 27 heavy (non-hydrogen) atoms. The van der Waals surface area contributed by atoms with Crippen molar-refractivity contribution in [3.8, 4) is 0 Å². The average Bonchev–Trinajstić information content (AvgIpc) is 3.10. The van der Waals surface area contributed by atoms with Crippen LogP contribution in [0, 0.1) is 0 Å². The summed E-state index contributed by atoms with van der Waals surface area (Å²) in [6.07, 6.45) is 10.7. The first-order valence-corrected chi connectivity index (χ1v) is 9.71. The molecule has 0 bridgehead atoms. The maximum Gasteiger partial charge on any atom is 0.190 e. The molecule has 0 atom stereocenters. The van der Waals surface area contributed by atoms with E-state index in [1.807, 2.05) is 28.8 Å². The van der Waals surface area contributed by atoms with Gasteiger partial charge in [0.25, 0.3) is 0 Å². The average molecular weight is 486 g/mol. The molecule has 0 amide bonds. The van der Waals surface area contributed by atoms with Crippen LogP contribution in [0.1, 0.15) is 44.3 Å². The minimum Gasteiger partial charge on any atom is -0.378 e. The summed E-state index contributed by atoms with van der Waals surface area (Å²) >= 11 is 0. The summed E-state index contributed by atoms with van der Waals surface area (Å²) in [5, 5.41) is 15.1. The predicted octanol–water partition coefficient (Wildman–Crippen LogP) is 2.79. The van der Waals surface area contributed by atoms with Gasteiger partial charge in [0.05, 0.1) is 6.10 Å². The molecule has 1 saturated carbocycles. The molecule has 7 nitrogen and oxygen atoms in total. The van der Waals surface area contributed by atoms with Crippen molar-refractivity contribution < 1.29 is 4.74 Å². The molecular weight excluding hydrogens is 455 g/mol. The van der Waals surface area contributed by atoms with Crippen LogP contribution < -0.4 is 10.6 Å². The Balaban J connectivity index is 0.00000261. The molecule has 0 aliphatic heterocycles. The highest BCUT2D eigenvalue weighted by Gasteiger charge is 2.13. The normalized spacial score (nSPS) is 15.5. The predicted molar refractivity (Wildman–Crippen MR) is 119 cm³/mol. The number of aromatic nitrogens is 3. The lowest BCUT2D eigenvalue weighted by molar-refractivity contribution is 0.0277. The van der Waals surface area contributed by atoms with Gasteiger partial charge in [0, 0.05) is 39.4 Å². The number of rotatable bonds is 8. The van der Waals surface area contributed by atoms with E-state index in [4.69, 9.17) is 4.74 Å². The van der Waals surface area contributed by atoms with Crippen LogP contribution >= 0.6 is 24.0 Å². The minimum atomic E-state index is 0. The van der Waals surface area contributed by atoms with E-state index in [9.17, 15) is 0 Å². The molecule has 2 aromatic heterocycles. The van der Waals surface area contributed by atoms with Crippen molar-refractivity contribution in [2.45, 2.75) is 51.0 Å². The number of ether oxygens (including phenoxy) is 1. The molecule has 0 saturated heterocycles. The van der Waals surface area contributed by atoms with Crippen LogP contribution in [0.25, 0.3) is 5.65 Å². The Bertz CT molecular complexity index is 698. The molecule has 150 valence electrons. The molecule has 1 aliphatic rings. The number of nitrogens with one attached hydrogen (secondary N) is 2. The fraction of sp³-hybridized carbons (Fsp3) is 0.632. The Hall–Kier alpha value is -1.42. The second-order valence-corrected chi connectivity index (χ2v) is 6.71. The SMILES string of the molecule is CN=C(NCCCOC1CCCCC1)NCCc1nnc2ccccn12.I. The van der Waals surface area contributed by atoms with Crippen LogP contribution in [-0.4, -0.2) is 53.4 Å². The maximum atomic E-state index is 5.95. The molecular formula is C19H31IN6O. The van der Waals surface area contributed by atoms with Gasteiger partial charge < -0.3 is 15.4 Å². The monoisotopic (exact) mass is 486 g/mol. The van der Waals surface area contributed by atoms with Crippen LogP contribution in [0.5, 0.6) is 0 Å². The fourth-order valence-electron chi connectivity index (χ4n) is 3.34. The number of hydrogen-bond acceptors (Lipinski definition) is 4. The highest BCUT2D eigenvalue weighted by molar-refractivity contribution is 14.0. The van der Waals surface area contributed by atoms with Gasteiger partial charge in [-0.2, -0.15) is 0 Å². The van der Waals surface area contributed by atoms with Gasteiger partial charge in [-0.05, 0) is 31.4 Å². The number of fused-ring (bicyclic) bond motifs is 1. The summed E-state index contributed by atoms with van der Waals surface area (Å²) in [4.78, 5) is 4.27. The molecule has 1 fully saturated rings. The van der Waals surface area contributed by atoms with Gasteiger partial charge in [0.15, 0.2) is 11.6 Å². The van der Waals surface area contributed by atoms with Gasteiger partial charge >= 0.3 is 0 Å². The first-order valence-electron chi connectivity index (χ1n) is 9.71. The number of guanidine groups is 1. The van der Waals surface area contributed by atoms with Crippen molar-refractivity contribution in [2.75, 3.05) is 26.7 Å². The smallest absolute Gasteiger partial charge is 0.190 e. The van der Waals surface area contributed by atoms with Crippen LogP contribution in [0.2, 0.25) is 0 Å². The van der Waals surface area contributed by atoms with E-state index >= 15 is 0 Å². The Labute approximate surface area is 178 Å². The van der Waals surface area contributed by atoms with E-state index in [-0.39, 0.29) is 24.0 Å². The highest BCUT2D eigenvalue weighted by atomic mass is 127. The largest absolute Gasteiger partial charge is 0.378 e. The summed E-state index contributed by atoms with van der Waals surface area (Å²) in [7, 11) is 1.79. The van der Waals surface area contributed by atoms with E-state index < -0.39 is 0 Å². The standard InChI is InChI=1S/C19H30N6O.HI/c1-20-19(21-12-7-15-26-16-8-3-2-4-9-16)22-13-11-18-24-23-17-10-5-6-14-25(17)18;/h5-6,10,14,16H,2-4,7-9,11-13,15H2,1H3,(H2,20,21,22);1H. The van der Waals surface area contributed by atoms with Gasteiger partial charge in [0.1, 0.15) is 5.82 Å². The Kier molecular flexibility index (Phi) is 9.82. The highest BCUT2D eigenvalue weighted by Crippen LogP contribution is 2.20. The van der Waals surface area contributed by atoms with E-state index in [1.165, 1.54) is 32.1 Å². The zero-order valence-electron chi connectivity index (χ0n) is 16.1. The lowest BCUT2D eigenvalue weighted by Gasteiger charge is -2.22. The third kappa shape index (κ3) is 6.91. The van der Waals surface area contributed by atoms with E-state index in [0.717, 1.165) is 50.0 Å². The van der Waals surface area contributed by atoms with Crippen molar-refractivity contribution in [2.24, 2.45) is 4.99 Å². The summed E-state index contributed by atoms with van der Waals surface area (Å²) in [6, 6.07) is 5.92. The van der Waals surface area contributed by atoms with Crippen molar-refractivity contribution in [3.63, 3.8) is 0 Å². The fourth-order valence-corrected chi connectivity index (χ4v) is 3.34. The van der Waals surface area contributed by atoms with Gasteiger partial charge in [-0.3, -0.25) is 9.39 Å². The summed E-state index contributed by atoms with van der Waals surface area (Å²) < 4.78 is 7.97. The number of halogens is 1. The molecule has 3 rings (SSSR count). The zero-order valence-corrected chi connectivity index (χ0v) is 18.4. The Morgan fingerprint density at radius 3 is 2.81 bits per heavy atom. The Morgan fingerprint density at radius 2 is 2.00 bits per heavy atom. The van der Waals surface area contributed by atoms with Crippen molar-refractivity contribution >= 4 is 35.6 Å². The topological polar surface area (TPSA) is 75.8 Å². The van der Waals surface area contributed by atoms with Crippen LogP contribution in [-0.2, 0) is 11.2 Å². The lowest BCUT2D eigenvalue weighted by atomic mass is 9.98. The molecule has 0 unspecified atom stereocenters. The number of hydrogen-bond donors (Lipinski definition) is 2. The van der Waals surface area contributed by atoms with Crippen molar-refractivity contribution in [1.82, 2.24) is 25.2 Å². The van der Waals surface area contributed by atoms with E-state index in [0.29, 0.717) is 6.10 Å². The minimum absolute atomic E-state index is 0.